The third-order valence-electron chi connectivity index (χ3n) is 6.55. The highest BCUT2D eigenvalue weighted by Crippen LogP contribution is 2.29. The van der Waals surface area contributed by atoms with Crippen LogP contribution in [-0.4, -0.2) is 33.7 Å². The minimum Gasteiger partial charge on any atom is -0.325 e. The third kappa shape index (κ3) is 8.97. The van der Waals surface area contributed by atoms with Gasteiger partial charge in [0.1, 0.15) is 5.70 Å². The molecule has 0 spiro atoms. The first-order chi connectivity index (χ1) is 21.6. The van der Waals surface area contributed by atoms with Gasteiger partial charge in [0.15, 0.2) is 5.78 Å². The molecule has 0 aliphatic rings. The summed E-state index contributed by atoms with van der Waals surface area (Å²) in [7, 11) is 0. The van der Waals surface area contributed by atoms with Crippen LogP contribution >= 0.6 is 11.8 Å². The van der Waals surface area contributed by atoms with Crippen molar-refractivity contribution in [1.82, 2.24) is 5.32 Å². The maximum atomic E-state index is 13.5. The van der Waals surface area contributed by atoms with Gasteiger partial charge in [0.2, 0.25) is 5.91 Å². The van der Waals surface area contributed by atoms with Gasteiger partial charge >= 0.3 is 0 Å². The van der Waals surface area contributed by atoms with Crippen LogP contribution in [0.3, 0.4) is 0 Å². The van der Waals surface area contributed by atoms with E-state index in [1.165, 1.54) is 43.0 Å². The predicted molar refractivity (Wildman–Crippen MR) is 175 cm³/mol. The van der Waals surface area contributed by atoms with E-state index < -0.39 is 22.0 Å². The first-order valence-corrected chi connectivity index (χ1v) is 14.8. The molecular formula is C34H30N4O6S. The molecule has 1 unspecified atom stereocenters. The summed E-state index contributed by atoms with van der Waals surface area (Å²) in [5.41, 5.74) is 1.52. The molecule has 0 saturated heterocycles. The number of benzene rings is 4. The van der Waals surface area contributed by atoms with E-state index in [-0.39, 0.29) is 28.6 Å². The number of thioether (sulfide) groups is 1. The van der Waals surface area contributed by atoms with Gasteiger partial charge in [0, 0.05) is 33.5 Å². The van der Waals surface area contributed by atoms with Crippen LogP contribution in [0.2, 0.25) is 0 Å². The van der Waals surface area contributed by atoms with Crippen LogP contribution in [0.5, 0.6) is 0 Å². The third-order valence-corrected chi connectivity index (χ3v) is 7.91. The lowest BCUT2D eigenvalue weighted by molar-refractivity contribution is -0.385. The Balaban J connectivity index is 1.52. The number of ketones is 1. The van der Waals surface area contributed by atoms with E-state index in [4.69, 9.17) is 0 Å². The van der Waals surface area contributed by atoms with E-state index >= 15 is 0 Å². The summed E-state index contributed by atoms with van der Waals surface area (Å²) in [6, 6.07) is 27.7. The molecule has 45 heavy (non-hydrogen) atoms. The smallest absolute Gasteiger partial charge is 0.276 e. The lowest BCUT2D eigenvalue weighted by Crippen LogP contribution is -2.30. The molecule has 10 nitrogen and oxygen atoms in total. The summed E-state index contributed by atoms with van der Waals surface area (Å²) in [5.74, 6) is -1.54. The van der Waals surface area contributed by atoms with E-state index in [2.05, 4.69) is 16.0 Å². The van der Waals surface area contributed by atoms with Crippen molar-refractivity contribution in [3.05, 3.63) is 136 Å². The molecule has 0 heterocycles. The quantitative estimate of drug-likeness (QED) is 0.0523. The van der Waals surface area contributed by atoms with Crippen molar-refractivity contribution in [2.75, 3.05) is 10.6 Å². The van der Waals surface area contributed by atoms with Gasteiger partial charge < -0.3 is 16.0 Å². The second-order valence-electron chi connectivity index (χ2n) is 9.81. The number of hydrogen-bond acceptors (Lipinski definition) is 7. The molecule has 11 heteroatoms. The van der Waals surface area contributed by atoms with Gasteiger partial charge in [-0.1, -0.05) is 43.3 Å². The molecule has 3 amide bonds. The van der Waals surface area contributed by atoms with Gasteiger partial charge in [-0.25, -0.2) is 0 Å². The summed E-state index contributed by atoms with van der Waals surface area (Å²) in [5, 5.41) is 19.3. The molecule has 4 rings (SSSR count). The number of rotatable bonds is 12. The van der Waals surface area contributed by atoms with Crippen molar-refractivity contribution in [2.24, 2.45) is 0 Å². The molecule has 0 fully saturated rings. The molecule has 0 radical (unpaired) electrons. The summed E-state index contributed by atoms with van der Waals surface area (Å²) < 4.78 is 0. The molecule has 0 saturated carbocycles. The van der Waals surface area contributed by atoms with E-state index in [1.807, 2.05) is 6.92 Å². The number of nitro groups is 1. The Morgan fingerprint density at radius 3 is 2.18 bits per heavy atom. The molecule has 0 aromatic heterocycles. The number of Topliss-reactive ketones (excluding diaryl/α,β-unsaturated/α-hetero) is 1. The lowest BCUT2D eigenvalue weighted by atomic mass is 10.1. The fourth-order valence-electron chi connectivity index (χ4n) is 4.22. The molecule has 4 aromatic carbocycles. The van der Waals surface area contributed by atoms with Crippen LogP contribution in [0.1, 0.15) is 46.5 Å². The Hall–Kier alpha value is -5.55. The Labute approximate surface area is 264 Å². The lowest BCUT2D eigenvalue weighted by Gasteiger charge is -2.16. The largest absolute Gasteiger partial charge is 0.325 e. The van der Waals surface area contributed by atoms with Crippen LogP contribution in [0.25, 0.3) is 6.08 Å². The SMILES string of the molecule is CCC(Sc1cccc(NC(=O)/C(=C\c2ccccc2[N+](=O)[O-])NC(=O)c2ccccc2)c1)C(=O)Nc1ccc(C(C)=O)cc1. The average molecular weight is 623 g/mol. The van der Waals surface area contributed by atoms with Gasteiger partial charge in [-0.2, -0.15) is 0 Å². The highest BCUT2D eigenvalue weighted by atomic mass is 32.2. The number of anilines is 2. The molecule has 1 atom stereocenters. The molecule has 0 aliphatic carbocycles. The fourth-order valence-corrected chi connectivity index (χ4v) is 5.23. The van der Waals surface area contributed by atoms with E-state index in [9.17, 15) is 29.3 Å². The second-order valence-corrected chi connectivity index (χ2v) is 11.1. The number of nitrogens with one attached hydrogen (secondary N) is 3. The normalized spacial score (nSPS) is 11.6. The van der Waals surface area contributed by atoms with E-state index in [0.29, 0.717) is 33.8 Å². The minimum atomic E-state index is -0.696. The zero-order valence-corrected chi connectivity index (χ0v) is 25.3. The highest BCUT2D eigenvalue weighted by Gasteiger charge is 2.21. The van der Waals surface area contributed by atoms with Crippen LogP contribution in [-0.2, 0) is 9.59 Å². The Morgan fingerprint density at radius 1 is 0.822 bits per heavy atom. The Kier molecular flexibility index (Phi) is 11.0. The maximum absolute atomic E-state index is 13.5. The molecular weight excluding hydrogens is 592 g/mol. The van der Waals surface area contributed by atoms with Gasteiger partial charge in [-0.3, -0.25) is 29.3 Å². The van der Waals surface area contributed by atoms with Gasteiger partial charge in [0.05, 0.1) is 15.7 Å². The molecule has 0 bridgehead atoms. The fraction of sp³-hybridized carbons (Fsp3) is 0.118. The van der Waals surface area contributed by atoms with Crippen molar-refractivity contribution in [1.29, 1.82) is 0 Å². The standard InChI is InChI=1S/C34H30N4O6S/c1-3-31(34(42)35-26-18-16-23(17-19-26)22(2)39)45-28-14-9-13-27(21-28)36-33(41)29(37-32(40)24-10-5-4-6-11-24)20-25-12-7-8-15-30(25)38(43)44/h4-21,31H,3H2,1-2H3,(H,35,42)(H,36,41)(H,37,40)/b29-20+. The minimum absolute atomic E-state index is 0.0654. The van der Waals surface area contributed by atoms with Crippen molar-refractivity contribution < 1.29 is 24.1 Å². The number of nitro benzene ring substituents is 1. The average Bonchev–Trinajstić information content (AvgIpc) is 3.04. The molecule has 4 aromatic rings. The number of para-hydroxylation sites is 1. The zero-order chi connectivity index (χ0) is 32.3. The van der Waals surface area contributed by atoms with Crippen molar-refractivity contribution in [3.63, 3.8) is 0 Å². The number of carbonyl (C=O) groups excluding carboxylic acids is 4. The summed E-state index contributed by atoms with van der Waals surface area (Å²) in [6.45, 7) is 3.36. The van der Waals surface area contributed by atoms with Crippen LogP contribution < -0.4 is 16.0 Å². The number of hydrogen-bond donors (Lipinski definition) is 3. The topological polar surface area (TPSA) is 148 Å². The van der Waals surface area contributed by atoms with Crippen molar-refractivity contribution in [3.8, 4) is 0 Å². The first kappa shape index (κ1) is 32.4. The zero-order valence-electron chi connectivity index (χ0n) is 24.5. The van der Waals surface area contributed by atoms with Crippen molar-refractivity contribution in [2.45, 2.75) is 30.4 Å². The monoisotopic (exact) mass is 622 g/mol. The number of amides is 3. The van der Waals surface area contributed by atoms with Crippen molar-refractivity contribution >= 4 is 58.4 Å². The molecule has 228 valence electrons. The first-order valence-electron chi connectivity index (χ1n) is 14.0. The van der Waals surface area contributed by atoms with Gasteiger partial charge in [0.25, 0.3) is 17.5 Å². The Morgan fingerprint density at radius 2 is 1.51 bits per heavy atom. The molecule has 3 N–H and O–H groups in total. The number of nitrogens with zero attached hydrogens (tertiary/aromatic N) is 1. The predicted octanol–water partition coefficient (Wildman–Crippen LogP) is 6.72. The maximum Gasteiger partial charge on any atom is 0.276 e. The number of carbonyl (C=O) groups is 4. The van der Waals surface area contributed by atoms with E-state index in [0.717, 1.165) is 0 Å². The summed E-state index contributed by atoms with van der Waals surface area (Å²) >= 11 is 1.31. The summed E-state index contributed by atoms with van der Waals surface area (Å²) in [6.07, 6.45) is 1.78. The van der Waals surface area contributed by atoms with Gasteiger partial charge in [-0.15, -0.1) is 11.8 Å². The van der Waals surface area contributed by atoms with Crippen LogP contribution in [0, 0.1) is 10.1 Å². The summed E-state index contributed by atoms with van der Waals surface area (Å²) in [4.78, 5) is 62.7. The van der Waals surface area contributed by atoms with Crippen LogP contribution in [0.15, 0.2) is 114 Å². The molecule has 0 aliphatic heterocycles. The Bertz CT molecular complexity index is 1760. The van der Waals surface area contributed by atoms with E-state index in [1.54, 1.807) is 84.9 Å². The van der Waals surface area contributed by atoms with Gasteiger partial charge in [-0.05, 0) is 80.1 Å². The van der Waals surface area contributed by atoms with Crippen LogP contribution in [0.4, 0.5) is 17.1 Å². The second kappa shape index (κ2) is 15.3. The highest BCUT2D eigenvalue weighted by molar-refractivity contribution is 8.00.